The largest absolute Gasteiger partial charge is 0.352 e. The molecule has 1 saturated heterocycles. The predicted molar refractivity (Wildman–Crippen MR) is 111 cm³/mol. The van der Waals surface area contributed by atoms with Crippen molar-refractivity contribution in [3.63, 3.8) is 0 Å². The average Bonchev–Trinajstić information content (AvgIpc) is 3.14. The van der Waals surface area contributed by atoms with E-state index in [2.05, 4.69) is 25.1 Å². The third kappa shape index (κ3) is 3.02. The Morgan fingerprint density at radius 1 is 0.931 bits per heavy atom. The fraction of sp³-hybridized carbons (Fsp3) is 0.250. The monoisotopic (exact) mass is 408 g/mol. The van der Waals surface area contributed by atoms with Crippen molar-refractivity contribution in [3.8, 4) is 0 Å². The summed E-state index contributed by atoms with van der Waals surface area (Å²) in [6.45, 7) is 3.80. The molecule has 0 radical (unpaired) electrons. The fourth-order valence-electron chi connectivity index (χ4n) is 3.79. The molecule has 0 unspecified atom stereocenters. The van der Waals surface area contributed by atoms with Crippen molar-refractivity contribution < 1.29 is 8.42 Å². The normalized spacial score (nSPS) is 16.0. The van der Waals surface area contributed by atoms with E-state index in [9.17, 15) is 8.42 Å². The van der Waals surface area contributed by atoms with Crippen LogP contribution in [0, 0.1) is 6.92 Å². The molecule has 148 valence electrons. The van der Waals surface area contributed by atoms with Gasteiger partial charge in [0.1, 0.15) is 11.8 Å². The van der Waals surface area contributed by atoms with Crippen LogP contribution in [0.2, 0.25) is 0 Å². The van der Waals surface area contributed by atoms with Crippen molar-refractivity contribution in [1.29, 1.82) is 0 Å². The van der Waals surface area contributed by atoms with Crippen LogP contribution in [0.4, 0.5) is 5.82 Å². The number of benzene rings is 2. The molecule has 5 rings (SSSR count). The summed E-state index contributed by atoms with van der Waals surface area (Å²) in [5.74, 6) is 0.738. The summed E-state index contributed by atoms with van der Waals surface area (Å²) in [7, 11) is -3.55. The highest BCUT2D eigenvalue weighted by atomic mass is 32.2. The van der Waals surface area contributed by atoms with E-state index in [0.717, 1.165) is 33.3 Å². The molecule has 1 aliphatic rings. The van der Waals surface area contributed by atoms with Gasteiger partial charge in [-0.25, -0.2) is 18.4 Å². The van der Waals surface area contributed by atoms with E-state index < -0.39 is 10.0 Å². The van der Waals surface area contributed by atoms with Crippen LogP contribution < -0.4 is 4.90 Å². The summed E-state index contributed by atoms with van der Waals surface area (Å²) in [6.07, 6.45) is 1.53. The molecule has 1 aliphatic heterocycles. The molecule has 9 heteroatoms. The van der Waals surface area contributed by atoms with Crippen molar-refractivity contribution in [3.05, 3.63) is 54.5 Å². The van der Waals surface area contributed by atoms with Crippen molar-refractivity contribution in [2.75, 3.05) is 31.1 Å². The smallest absolute Gasteiger partial charge is 0.243 e. The minimum atomic E-state index is -3.55. The number of aryl methyl sites for hydroxylation is 1. The summed E-state index contributed by atoms with van der Waals surface area (Å²) >= 11 is 0. The van der Waals surface area contributed by atoms with Crippen molar-refractivity contribution in [1.82, 2.24) is 24.5 Å². The van der Waals surface area contributed by atoms with Crippen LogP contribution in [0.5, 0.6) is 0 Å². The number of rotatable bonds is 3. The van der Waals surface area contributed by atoms with E-state index in [4.69, 9.17) is 0 Å². The number of nitrogens with zero attached hydrogens (tertiary/aromatic N) is 5. The van der Waals surface area contributed by atoms with E-state index in [1.165, 1.54) is 6.33 Å². The van der Waals surface area contributed by atoms with Gasteiger partial charge in [-0.05, 0) is 29.8 Å². The maximum Gasteiger partial charge on any atom is 0.243 e. The van der Waals surface area contributed by atoms with Gasteiger partial charge in [-0.2, -0.15) is 9.40 Å². The van der Waals surface area contributed by atoms with E-state index in [1.54, 1.807) is 16.4 Å². The molecule has 0 aliphatic carbocycles. The van der Waals surface area contributed by atoms with Crippen LogP contribution in [-0.4, -0.2) is 59.1 Å². The van der Waals surface area contributed by atoms with Gasteiger partial charge in [-0.3, -0.25) is 5.10 Å². The van der Waals surface area contributed by atoms with Crippen LogP contribution in [0.3, 0.4) is 0 Å². The maximum atomic E-state index is 13.2. The van der Waals surface area contributed by atoms with E-state index in [1.807, 2.05) is 37.3 Å². The molecular weight excluding hydrogens is 388 g/mol. The summed E-state index contributed by atoms with van der Waals surface area (Å²) in [4.78, 5) is 11.1. The Morgan fingerprint density at radius 2 is 1.69 bits per heavy atom. The van der Waals surface area contributed by atoms with Crippen LogP contribution in [-0.2, 0) is 10.0 Å². The van der Waals surface area contributed by atoms with Crippen molar-refractivity contribution in [2.45, 2.75) is 11.8 Å². The maximum absolute atomic E-state index is 13.2. The number of hydrogen-bond donors (Lipinski definition) is 1. The standard InChI is InChI=1S/C20H20N6O2S/c1-14-18-19(24-23-14)20(22-13-21-18)25-8-10-26(11-9-25)29(27,28)17-7-6-15-4-2-3-5-16(15)12-17/h2-7,12-13H,8-11H2,1H3,(H,23,24). The number of piperazine rings is 1. The molecule has 2 aromatic carbocycles. The molecule has 0 amide bonds. The zero-order valence-electron chi connectivity index (χ0n) is 15.9. The highest BCUT2D eigenvalue weighted by Gasteiger charge is 2.30. The second kappa shape index (κ2) is 6.78. The second-order valence-corrected chi connectivity index (χ2v) is 9.08. The number of nitrogens with one attached hydrogen (secondary N) is 1. The lowest BCUT2D eigenvalue weighted by atomic mass is 10.1. The number of H-pyrrole nitrogens is 1. The number of fused-ring (bicyclic) bond motifs is 2. The first-order valence-corrected chi connectivity index (χ1v) is 10.9. The number of anilines is 1. The van der Waals surface area contributed by atoms with Crippen LogP contribution >= 0.6 is 0 Å². The molecule has 8 nitrogen and oxygen atoms in total. The first-order chi connectivity index (χ1) is 14.0. The molecule has 1 N–H and O–H groups in total. The van der Waals surface area contributed by atoms with Gasteiger partial charge in [0, 0.05) is 26.2 Å². The Labute approximate surface area is 168 Å². The Bertz CT molecular complexity index is 1310. The van der Waals surface area contributed by atoms with Crippen molar-refractivity contribution >= 4 is 37.6 Å². The highest BCUT2D eigenvalue weighted by Crippen LogP contribution is 2.26. The molecule has 4 aromatic rings. The lowest BCUT2D eigenvalue weighted by Crippen LogP contribution is -2.49. The number of sulfonamides is 1. The zero-order valence-corrected chi connectivity index (χ0v) is 16.7. The highest BCUT2D eigenvalue weighted by molar-refractivity contribution is 7.89. The second-order valence-electron chi connectivity index (χ2n) is 7.14. The van der Waals surface area contributed by atoms with Gasteiger partial charge in [0.2, 0.25) is 10.0 Å². The summed E-state index contributed by atoms with van der Waals surface area (Å²) in [5.41, 5.74) is 2.40. The minimum absolute atomic E-state index is 0.331. The Hall–Kier alpha value is -3.04. The summed E-state index contributed by atoms with van der Waals surface area (Å²) in [6, 6.07) is 13.1. The molecular formula is C20H20N6O2S. The minimum Gasteiger partial charge on any atom is -0.352 e. The van der Waals surface area contributed by atoms with E-state index in [-0.39, 0.29) is 0 Å². The van der Waals surface area contributed by atoms with Crippen LogP contribution in [0.25, 0.3) is 21.8 Å². The van der Waals surface area contributed by atoms with E-state index >= 15 is 0 Å². The first kappa shape index (κ1) is 18.0. The third-order valence-corrected chi connectivity index (χ3v) is 7.29. The summed E-state index contributed by atoms with van der Waals surface area (Å²) in [5, 5.41) is 9.20. The van der Waals surface area contributed by atoms with E-state index in [0.29, 0.717) is 31.1 Å². The van der Waals surface area contributed by atoms with Gasteiger partial charge in [-0.15, -0.1) is 0 Å². The van der Waals surface area contributed by atoms with Gasteiger partial charge >= 0.3 is 0 Å². The Morgan fingerprint density at radius 3 is 2.48 bits per heavy atom. The average molecular weight is 408 g/mol. The van der Waals surface area contributed by atoms with Crippen LogP contribution in [0.1, 0.15) is 5.69 Å². The van der Waals surface area contributed by atoms with Gasteiger partial charge in [-0.1, -0.05) is 30.3 Å². The molecule has 1 fully saturated rings. The van der Waals surface area contributed by atoms with Crippen LogP contribution in [0.15, 0.2) is 53.7 Å². The van der Waals surface area contributed by atoms with Gasteiger partial charge in [0.05, 0.1) is 10.6 Å². The lowest BCUT2D eigenvalue weighted by Gasteiger charge is -2.34. The molecule has 0 saturated carbocycles. The number of aromatic amines is 1. The topological polar surface area (TPSA) is 95.1 Å². The fourth-order valence-corrected chi connectivity index (χ4v) is 5.25. The molecule has 0 atom stereocenters. The lowest BCUT2D eigenvalue weighted by molar-refractivity contribution is 0.384. The number of aromatic nitrogens is 4. The number of hydrogen-bond acceptors (Lipinski definition) is 6. The molecule has 29 heavy (non-hydrogen) atoms. The third-order valence-electron chi connectivity index (χ3n) is 5.39. The van der Waals surface area contributed by atoms with Gasteiger partial charge in [0.15, 0.2) is 11.3 Å². The first-order valence-electron chi connectivity index (χ1n) is 9.43. The molecule has 0 spiro atoms. The predicted octanol–water partition coefficient (Wildman–Crippen LogP) is 2.33. The van der Waals surface area contributed by atoms with Crippen molar-refractivity contribution in [2.24, 2.45) is 0 Å². The molecule has 2 aromatic heterocycles. The summed E-state index contributed by atoms with van der Waals surface area (Å²) < 4.78 is 27.9. The molecule has 0 bridgehead atoms. The Kier molecular flexibility index (Phi) is 4.21. The molecule has 3 heterocycles. The Balaban J connectivity index is 1.39. The zero-order chi connectivity index (χ0) is 20.0. The van der Waals surface area contributed by atoms with Gasteiger partial charge < -0.3 is 4.90 Å². The SMILES string of the molecule is Cc1[nH]nc2c(N3CCN(S(=O)(=O)c4ccc5ccccc5c4)CC3)ncnc12. The van der Waals surface area contributed by atoms with Gasteiger partial charge in [0.25, 0.3) is 0 Å². The quantitative estimate of drug-likeness (QED) is 0.559.